The van der Waals surface area contributed by atoms with Crippen LogP contribution in [0.3, 0.4) is 0 Å². The summed E-state index contributed by atoms with van der Waals surface area (Å²) in [6, 6.07) is 0. The predicted octanol–water partition coefficient (Wildman–Crippen LogP) is 6.03. The first-order valence-electron chi connectivity index (χ1n) is 16.2. The van der Waals surface area contributed by atoms with Crippen LogP contribution >= 0.6 is 0 Å². The molecule has 0 amide bonds. The molecule has 7 rings (SSSR count). The molecule has 2 heterocycles. The van der Waals surface area contributed by atoms with Crippen LogP contribution in [0.1, 0.15) is 107 Å². The number of hydrogen-bond acceptors (Lipinski definition) is 6. The van der Waals surface area contributed by atoms with Crippen LogP contribution in [0, 0.1) is 50.2 Å². The van der Waals surface area contributed by atoms with Gasteiger partial charge in [0.2, 0.25) is 0 Å². The lowest BCUT2D eigenvalue weighted by atomic mass is 9.32. The SMILES string of the molecule is CC(C)=CC(=O)O[C@@H]1[C@@H](O)C(C)(C)C[C@H]2C3=CC[C@@H]4[C@]56CC[C@](O)(OC5)C(C)(C)[C@@H]6CC[C@@]4(C)[C@]3(C)CC[C@@]12C(=O)O. The third-order valence-electron chi connectivity index (χ3n) is 14.4. The van der Waals surface area contributed by atoms with Crippen LogP contribution in [0.2, 0.25) is 0 Å². The zero-order chi connectivity index (χ0) is 30.9. The Balaban J connectivity index is 1.46. The van der Waals surface area contributed by atoms with E-state index in [1.807, 2.05) is 13.8 Å². The first-order valence-corrected chi connectivity index (χ1v) is 16.2. The van der Waals surface area contributed by atoms with Gasteiger partial charge in [0.05, 0.1) is 12.7 Å². The number of carboxylic acid groups (broad SMARTS) is 1. The average Bonchev–Trinajstić information content (AvgIpc) is 2.87. The summed E-state index contributed by atoms with van der Waals surface area (Å²) in [5.74, 6) is -2.25. The summed E-state index contributed by atoms with van der Waals surface area (Å²) in [5, 5.41) is 34.0. The summed E-state index contributed by atoms with van der Waals surface area (Å²) in [4.78, 5) is 26.4. The fourth-order valence-electron chi connectivity index (χ4n) is 11.7. The molecular formula is C35H52O7. The van der Waals surface area contributed by atoms with Crippen molar-refractivity contribution in [1.82, 2.24) is 0 Å². The van der Waals surface area contributed by atoms with Crippen molar-refractivity contribution in [2.45, 2.75) is 125 Å². The Labute approximate surface area is 251 Å². The second-order valence-electron chi connectivity index (χ2n) is 16.9. The second kappa shape index (κ2) is 8.94. The average molecular weight is 585 g/mol. The Morgan fingerprint density at radius 2 is 1.69 bits per heavy atom. The van der Waals surface area contributed by atoms with Gasteiger partial charge in [-0.3, -0.25) is 4.79 Å². The van der Waals surface area contributed by atoms with Gasteiger partial charge in [-0.2, -0.15) is 0 Å². The van der Waals surface area contributed by atoms with Gasteiger partial charge in [-0.25, -0.2) is 4.79 Å². The van der Waals surface area contributed by atoms with Gasteiger partial charge < -0.3 is 24.8 Å². The fourth-order valence-corrected chi connectivity index (χ4v) is 11.7. The van der Waals surface area contributed by atoms with Crippen LogP contribution in [-0.4, -0.2) is 51.9 Å². The molecule has 42 heavy (non-hydrogen) atoms. The number of esters is 1. The number of fused-ring (bicyclic) bond motifs is 7. The van der Waals surface area contributed by atoms with E-state index in [0.29, 0.717) is 44.1 Å². The Hall–Kier alpha value is -1.70. The Kier molecular flexibility index (Phi) is 6.46. The molecule has 2 bridgehead atoms. The first kappa shape index (κ1) is 30.3. The molecule has 7 nitrogen and oxygen atoms in total. The number of rotatable bonds is 3. The van der Waals surface area contributed by atoms with Gasteiger partial charge in [0.1, 0.15) is 11.5 Å². The van der Waals surface area contributed by atoms with Crippen LogP contribution < -0.4 is 0 Å². The Bertz CT molecular complexity index is 1250. The maximum Gasteiger partial charge on any atom is 0.331 e. The summed E-state index contributed by atoms with van der Waals surface area (Å²) >= 11 is 0. The molecule has 7 heteroatoms. The molecule has 2 aliphatic heterocycles. The van der Waals surface area contributed by atoms with Gasteiger partial charge in [-0.1, -0.05) is 58.8 Å². The molecule has 3 N–H and O–H groups in total. The summed E-state index contributed by atoms with van der Waals surface area (Å²) in [6.07, 6.45) is 7.56. The lowest BCUT2D eigenvalue weighted by molar-refractivity contribution is -0.395. The van der Waals surface area contributed by atoms with E-state index in [9.17, 15) is 24.9 Å². The number of carbonyl (C=O) groups excluding carboxylic acids is 1. The molecule has 5 aliphatic carbocycles. The summed E-state index contributed by atoms with van der Waals surface area (Å²) < 4.78 is 12.3. The molecule has 0 aromatic carbocycles. The Morgan fingerprint density at radius 3 is 2.29 bits per heavy atom. The van der Waals surface area contributed by atoms with Crippen LogP contribution in [0.15, 0.2) is 23.3 Å². The summed E-state index contributed by atoms with van der Waals surface area (Å²) in [6.45, 7) is 17.3. The van der Waals surface area contributed by atoms with Gasteiger partial charge in [0.15, 0.2) is 5.79 Å². The van der Waals surface area contributed by atoms with Gasteiger partial charge in [-0.05, 0) is 86.9 Å². The van der Waals surface area contributed by atoms with Crippen molar-refractivity contribution < 1.29 is 34.4 Å². The molecule has 0 radical (unpaired) electrons. The zero-order valence-electron chi connectivity index (χ0n) is 26.9. The van der Waals surface area contributed by atoms with E-state index in [1.54, 1.807) is 13.8 Å². The minimum absolute atomic E-state index is 0.0161. The van der Waals surface area contributed by atoms with E-state index in [-0.39, 0.29) is 27.6 Å². The highest BCUT2D eigenvalue weighted by molar-refractivity contribution is 5.84. The molecule has 10 atom stereocenters. The van der Waals surface area contributed by atoms with Gasteiger partial charge >= 0.3 is 11.9 Å². The van der Waals surface area contributed by atoms with E-state index in [2.05, 4.69) is 33.8 Å². The maximum atomic E-state index is 13.4. The van der Waals surface area contributed by atoms with E-state index in [4.69, 9.17) is 9.47 Å². The number of carbonyl (C=O) groups is 2. The third kappa shape index (κ3) is 3.51. The van der Waals surface area contributed by atoms with E-state index in [1.165, 1.54) is 11.6 Å². The molecule has 2 saturated heterocycles. The first-order chi connectivity index (χ1) is 19.3. The molecule has 0 aromatic heterocycles. The highest BCUT2D eigenvalue weighted by Gasteiger charge is 2.75. The van der Waals surface area contributed by atoms with Crippen LogP contribution in [-0.2, 0) is 19.1 Å². The van der Waals surface area contributed by atoms with Gasteiger partial charge in [0.25, 0.3) is 0 Å². The molecule has 7 aliphatic rings. The van der Waals surface area contributed by atoms with E-state index < -0.39 is 40.8 Å². The normalized spacial score (nSPS) is 49.8. The molecule has 234 valence electrons. The van der Waals surface area contributed by atoms with Crippen molar-refractivity contribution in [1.29, 1.82) is 0 Å². The third-order valence-corrected chi connectivity index (χ3v) is 14.4. The largest absolute Gasteiger partial charge is 0.481 e. The van der Waals surface area contributed by atoms with E-state index >= 15 is 0 Å². The number of ether oxygens (including phenoxy) is 2. The molecule has 4 saturated carbocycles. The fraction of sp³-hybridized carbons (Fsp3) is 0.829. The number of aliphatic carboxylic acids is 1. The van der Waals surface area contributed by atoms with Crippen molar-refractivity contribution in [2.24, 2.45) is 50.2 Å². The van der Waals surface area contributed by atoms with Crippen molar-refractivity contribution in [3.05, 3.63) is 23.3 Å². The highest BCUT2D eigenvalue weighted by Crippen LogP contribution is 2.78. The molecule has 1 spiro atoms. The minimum atomic E-state index is -1.39. The van der Waals surface area contributed by atoms with Gasteiger partial charge in [0, 0.05) is 29.2 Å². The summed E-state index contributed by atoms with van der Waals surface area (Å²) in [7, 11) is 0. The Morgan fingerprint density at radius 1 is 1.00 bits per heavy atom. The highest BCUT2D eigenvalue weighted by atomic mass is 16.6. The monoisotopic (exact) mass is 584 g/mol. The van der Waals surface area contributed by atoms with Crippen molar-refractivity contribution in [3.8, 4) is 0 Å². The minimum Gasteiger partial charge on any atom is -0.481 e. The van der Waals surface area contributed by atoms with Crippen LogP contribution in [0.4, 0.5) is 0 Å². The van der Waals surface area contributed by atoms with Crippen LogP contribution in [0.25, 0.3) is 0 Å². The second-order valence-corrected chi connectivity index (χ2v) is 16.9. The van der Waals surface area contributed by atoms with Crippen molar-refractivity contribution >= 4 is 11.9 Å². The number of carboxylic acids is 1. The number of hydrogen-bond donors (Lipinski definition) is 3. The molecular weight excluding hydrogens is 532 g/mol. The predicted molar refractivity (Wildman–Crippen MR) is 158 cm³/mol. The number of allylic oxidation sites excluding steroid dienone is 3. The van der Waals surface area contributed by atoms with Crippen molar-refractivity contribution in [2.75, 3.05) is 6.61 Å². The van der Waals surface area contributed by atoms with Crippen LogP contribution in [0.5, 0.6) is 0 Å². The molecule has 6 fully saturated rings. The quantitative estimate of drug-likeness (QED) is 0.211. The zero-order valence-corrected chi connectivity index (χ0v) is 26.9. The standard InChI is InChI=1S/C35H52O7/c1-20(2)17-25(36)42-27-26(37)29(3,4)18-22-21-9-10-24-32(8,31(21,7)13-15-34(22,27)28(38)39)12-11-23-30(5,6)35(40)16-14-33(23,24)19-41-35/h9,17,22-24,26-27,37,40H,10-16,18-19H2,1-8H3,(H,38,39)/t22-,23-,24-,26+,27+,31+,32+,33+,34-,35-/m0/s1. The molecule has 0 unspecified atom stereocenters. The maximum absolute atomic E-state index is 13.4. The number of aliphatic hydroxyl groups is 2. The van der Waals surface area contributed by atoms with Gasteiger partial charge in [-0.15, -0.1) is 0 Å². The molecule has 0 aromatic rings. The number of aliphatic hydroxyl groups excluding tert-OH is 1. The smallest absolute Gasteiger partial charge is 0.331 e. The lowest BCUT2D eigenvalue weighted by Gasteiger charge is -2.74. The van der Waals surface area contributed by atoms with E-state index in [0.717, 1.165) is 31.3 Å². The van der Waals surface area contributed by atoms with Crippen molar-refractivity contribution in [3.63, 3.8) is 0 Å². The summed E-state index contributed by atoms with van der Waals surface area (Å²) in [5.41, 5.74) is -0.716. The topological polar surface area (TPSA) is 113 Å². The lowest BCUT2D eigenvalue weighted by Crippen LogP contribution is -2.73.